The molecule has 2 heterocycles. The van der Waals surface area contributed by atoms with Crippen LogP contribution < -0.4 is 0 Å². The number of aromatic nitrogens is 4. The molecule has 0 radical (unpaired) electrons. The molecule has 42 heavy (non-hydrogen) atoms. The van der Waals surface area contributed by atoms with Crippen molar-refractivity contribution in [3.63, 3.8) is 0 Å². The molecule has 2 unspecified atom stereocenters. The largest absolute Gasteiger partial charge is 0.253 e. The molecule has 5 aromatic rings. The Morgan fingerprint density at radius 1 is 0.810 bits per heavy atom. The van der Waals surface area contributed by atoms with E-state index in [1.807, 2.05) is 36.4 Å². The molecule has 4 atom stereocenters. The smallest absolute Gasteiger partial charge is 0.182 e. The fourth-order valence-electron chi connectivity index (χ4n) is 8.05. The van der Waals surface area contributed by atoms with Gasteiger partial charge in [-0.25, -0.2) is 15.0 Å². The predicted octanol–water partition coefficient (Wildman–Crippen LogP) is 8.79. The maximum absolute atomic E-state index is 9.52. The Bertz CT molecular complexity index is 1800. The Hall–Kier alpha value is -4.43. The maximum Gasteiger partial charge on any atom is 0.182 e. The van der Waals surface area contributed by atoms with Crippen LogP contribution in [-0.2, 0) is 5.41 Å². The van der Waals surface area contributed by atoms with Crippen LogP contribution in [0, 0.1) is 29.1 Å². The molecule has 7 rings (SSSR count). The van der Waals surface area contributed by atoms with Crippen LogP contribution in [0.2, 0.25) is 0 Å². The molecule has 0 saturated heterocycles. The zero-order valence-electron chi connectivity index (χ0n) is 24.3. The molecule has 0 amide bonds. The highest BCUT2D eigenvalue weighted by atomic mass is 15.0. The molecule has 0 aliphatic heterocycles. The number of pyridine rings is 1. The first-order chi connectivity index (χ1) is 20.5. The summed E-state index contributed by atoms with van der Waals surface area (Å²) in [7, 11) is 0. The van der Waals surface area contributed by atoms with Crippen molar-refractivity contribution in [1.29, 1.82) is 5.26 Å². The fourth-order valence-corrected chi connectivity index (χ4v) is 8.05. The number of rotatable bonds is 5. The summed E-state index contributed by atoms with van der Waals surface area (Å²) in [5.74, 6) is 4.04. The van der Waals surface area contributed by atoms with Gasteiger partial charge in [0.05, 0.1) is 11.6 Å². The third-order valence-electron chi connectivity index (χ3n) is 9.59. The summed E-state index contributed by atoms with van der Waals surface area (Å²) in [6, 6.07) is 28.8. The first kappa shape index (κ1) is 26.5. The van der Waals surface area contributed by atoms with Crippen molar-refractivity contribution in [2.75, 3.05) is 0 Å². The molecule has 2 aliphatic rings. The summed E-state index contributed by atoms with van der Waals surface area (Å²) < 4.78 is 0. The Morgan fingerprint density at radius 3 is 2.43 bits per heavy atom. The summed E-state index contributed by atoms with van der Waals surface area (Å²) in [5, 5.41) is 12.0. The second kappa shape index (κ2) is 10.8. The van der Waals surface area contributed by atoms with E-state index in [0.717, 1.165) is 28.9 Å². The van der Waals surface area contributed by atoms with Crippen LogP contribution in [0.25, 0.3) is 45.1 Å². The molecule has 2 aromatic heterocycles. The molecular weight excluding hydrogens is 514 g/mol. The van der Waals surface area contributed by atoms with E-state index in [1.165, 1.54) is 54.9 Å². The van der Waals surface area contributed by atoms with E-state index in [1.54, 1.807) is 12.3 Å². The van der Waals surface area contributed by atoms with Gasteiger partial charge in [-0.2, -0.15) is 5.26 Å². The van der Waals surface area contributed by atoms with Crippen molar-refractivity contribution in [2.45, 2.75) is 57.8 Å². The van der Waals surface area contributed by atoms with Gasteiger partial charge in [-0.1, -0.05) is 74.9 Å². The van der Waals surface area contributed by atoms with Crippen molar-refractivity contribution in [2.24, 2.45) is 17.8 Å². The Morgan fingerprint density at radius 2 is 1.62 bits per heavy atom. The fraction of sp³-hybridized carbons (Fsp3) is 0.324. The second-order valence-corrected chi connectivity index (χ2v) is 12.5. The van der Waals surface area contributed by atoms with Crippen LogP contribution in [0.15, 0.2) is 85.1 Å². The number of benzene rings is 3. The number of hydrogen-bond donors (Lipinski definition) is 0. The summed E-state index contributed by atoms with van der Waals surface area (Å²) in [5.41, 5.74) is 4.75. The molecule has 5 heteroatoms. The standard InChI is InChI=1S/C37H35N5/c1-3-25-18-27-17-24(2)20-37(21-25,22-27)32-15-14-31(29-11-4-5-12-30(29)32)35-40-34(28-10-8-9-26(19-28)23-38)41-36(42-35)33-13-6-7-16-39-33/h4-16,19,24-25,27H,3,17-18,20-22H2,1-2H3/t24-,25+,27?,37?/m1/s1. The van der Waals surface area contributed by atoms with Crippen molar-refractivity contribution in [3.05, 3.63) is 96.2 Å². The molecular formula is C37H35N5. The number of hydrogen-bond acceptors (Lipinski definition) is 5. The molecule has 0 N–H and O–H groups in total. The molecule has 2 fully saturated rings. The Kier molecular flexibility index (Phi) is 6.78. The van der Waals surface area contributed by atoms with Crippen molar-refractivity contribution in [1.82, 2.24) is 19.9 Å². The van der Waals surface area contributed by atoms with Crippen LogP contribution in [0.3, 0.4) is 0 Å². The topological polar surface area (TPSA) is 75.3 Å². The van der Waals surface area contributed by atoms with Gasteiger partial charge in [-0.15, -0.1) is 0 Å². The van der Waals surface area contributed by atoms with Gasteiger partial charge in [0, 0.05) is 17.3 Å². The van der Waals surface area contributed by atoms with Crippen LogP contribution in [0.5, 0.6) is 0 Å². The highest BCUT2D eigenvalue weighted by molar-refractivity contribution is 5.98. The average molecular weight is 550 g/mol. The van der Waals surface area contributed by atoms with E-state index >= 15 is 0 Å². The minimum absolute atomic E-state index is 0.223. The van der Waals surface area contributed by atoms with Gasteiger partial charge in [0.2, 0.25) is 0 Å². The summed E-state index contributed by atoms with van der Waals surface area (Å²) in [6.45, 7) is 4.82. The van der Waals surface area contributed by atoms with Crippen LogP contribution in [-0.4, -0.2) is 19.9 Å². The minimum atomic E-state index is 0.223. The molecule has 2 bridgehead atoms. The molecule has 0 spiro atoms. The van der Waals surface area contributed by atoms with E-state index in [2.05, 4.69) is 61.3 Å². The lowest BCUT2D eigenvalue weighted by molar-refractivity contribution is 0.0712. The van der Waals surface area contributed by atoms with Gasteiger partial charge >= 0.3 is 0 Å². The van der Waals surface area contributed by atoms with Crippen molar-refractivity contribution >= 4 is 10.8 Å². The van der Waals surface area contributed by atoms with Crippen LogP contribution in [0.1, 0.15) is 63.5 Å². The zero-order chi connectivity index (χ0) is 28.7. The SMILES string of the molecule is CC[C@H]1CC2C[C@@H](C)CC(c3ccc(-c4nc(-c5cccc(C#N)c5)nc(-c5ccccn5)n4)c4ccccc34)(C2)C1. The van der Waals surface area contributed by atoms with E-state index in [0.29, 0.717) is 28.7 Å². The third-order valence-corrected chi connectivity index (χ3v) is 9.59. The maximum atomic E-state index is 9.52. The van der Waals surface area contributed by atoms with Crippen LogP contribution >= 0.6 is 0 Å². The second-order valence-electron chi connectivity index (χ2n) is 12.5. The van der Waals surface area contributed by atoms with E-state index < -0.39 is 0 Å². The van der Waals surface area contributed by atoms with Gasteiger partial charge < -0.3 is 0 Å². The molecule has 2 saturated carbocycles. The third kappa shape index (κ3) is 4.75. The number of nitriles is 1. The van der Waals surface area contributed by atoms with E-state index in [4.69, 9.17) is 15.0 Å². The lowest BCUT2D eigenvalue weighted by Gasteiger charge is -2.51. The first-order valence-electron chi connectivity index (χ1n) is 15.3. The number of nitrogens with zero attached hydrogens (tertiary/aromatic N) is 5. The van der Waals surface area contributed by atoms with E-state index in [9.17, 15) is 5.26 Å². The molecule has 5 nitrogen and oxygen atoms in total. The minimum Gasteiger partial charge on any atom is -0.253 e. The Balaban J connectivity index is 1.42. The first-order valence-corrected chi connectivity index (χ1v) is 15.3. The van der Waals surface area contributed by atoms with Gasteiger partial charge in [-0.05, 0) is 95.9 Å². The highest BCUT2D eigenvalue weighted by Gasteiger charge is 2.46. The average Bonchev–Trinajstić information content (AvgIpc) is 3.03. The normalized spacial score (nSPS) is 23.4. The lowest BCUT2D eigenvalue weighted by atomic mass is 9.53. The summed E-state index contributed by atoms with van der Waals surface area (Å²) in [4.78, 5) is 19.3. The van der Waals surface area contributed by atoms with Crippen molar-refractivity contribution in [3.8, 4) is 40.4 Å². The van der Waals surface area contributed by atoms with Crippen molar-refractivity contribution < 1.29 is 0 Å². The molecule has 2 aliphatic carbocycles. The monoisotopic (exact) mass is 549 g/mol. The molecule has 3 aromatic carbocycles. The summed E-state index contributed by atoms with van der Waals surface area (Å²) >= 11 is 0. The van der Waals surface area contributed by atoms with Gasteiger partial charge in [0.1, 0.15) is 5.69 Å². The van der Waals surface area contributed by atoms with Crippen LogP contribution in [0.4, 0.5) is 0 Å². The summed E-state index contributed by atoms with van der Waals surface area (Å²) in [6.07, 6.45) is 9.61. The predicted molar refractivity (Wildman–Crippen MR) is 167 cm³/mol. The Labute approximate surface area is 247 Å². The van der Waals surface area contributed by atoms with Gasteiger partial charge in [0.25, 0.3) is 0 Å². The zero-order valence-corrected chi connectivity index (χ0v) is 24.3. The quantitative estimate of drug-likeness (QED) is 0.219. The number of fused-ring (bicyclic) bond motifs is 3. The van der Waals surface area contributed by atoms with Gasteiger partial charge in [-0.3, -0.25) is 4.98 Å². The highest BCUT2D eigenvalue weighted by Crippen LogP contribution is 2.56. The lowest BCUT2D eigenvalue weighted by Crippen LogP contribution is -2.42. The molecule has 208 valence electrons. The van der Waals surface area contributed by atoms with Gasteiger partial charge in [0.15, 0.2) is 17.5 Å². The van der Waals surface area contributed by atoms with E-state index in [-0.39, 0.29) is 5.41 Å².